The van der Waals surface area contributed by atoms with E-state index in [1.54, 1.807) is 36.4 Å². The van der Waals surface area contributed by atoms with Crippen LogP contribution in [0.25, 0.3) is 0 Å². The van der Waals surface area contributed by atoms with Gasteiger partial charge >= 0.3 is 0 Å². The van der Waals surface area contributed by atoms with Gasteiger partial charge in [0, 0.05) is 46.3 Å². The zero-order valence-electron chi connectivity index (χ0n) is 23.2. The maximum atomic E-state index is 13.7. The topological polar surface area (TPSA) is 125 Å². The molecule has 0 bridgehead atoms. The van der Waals surface area contributed by atoms with Gasteiger partial charge in [0.1, 0.15) is 18.5 Å². The van der Waals surface area contributed by atoms with Gasteiger partial charge in [0.05, 0.1) is 25.7 Å². The number of hydrogen-bond acceptors (Lipinski definition) is 7. The van der Waals surface area contributed by atoms with E-state index in [1.165, 1.54) is 18.1 Å². The molecule has 0 radical (unpaired) electrons. The van der Waals surface area contributed by atoms with Gasteiger partial charge in [-0.1, -0.05) is 35.3 Å². The van der Waals surface area contributed by atoms with E-state index in [4.69, 9.17) is 32.7 Å². The summed E-state index contributed by atoms with van der Waals surface area (Å²) >= 11 is 12.6. The number of hydrogen-bond donors (Lipinski definition) is 3. The zero-order chi connectivity index (χ0) is 30.4. The first kappa shape index (κ1) is 31.6. The number of carbonyl (C=O) groups excluding carboxylic acids is 3. The van der Waals surface area contributed by atoms with E-state index in [-0.39, 0.29) is 43.3 Å². The molecule has 4 rings (SSSR count). The first-order chi connectivity index (χ1) is 20.2. The smallest absolute Gasteiger partial charge is 0.247 e. The third-order valence-electron chi connectivity index (χ3n) is 7.50. The lowest BCUT2D eigenvalue weighted by molar-refractivity contribution is -0.138. The van der Waals surface area contributed by atoms with Crippen LogP contribution in [0.5, 0.6) is 11.5 Å². The molecule has 9 nitrogen and oxygen atoms in total. The summed E-state index contributed by atoms with van der Waals surface area (Å²) in [5, 5.41) is 24.6. The molecule has 2 aliphatic rings. The van der Waals surface area contributed by atoms with Gasteiger partial charge in [-0.05, 0) is 55.2 Å². The Labute approximate surface area is 254 Å². The molecule has 2 aromatic carbocycles. The third-order valence-corrected chi connectivity index (χ3v) is 8.08. The van der Waals surface area contributed by atoms with Crippen LogP contribution in [-0.2, 0) is 16.1 Å². The van der Waals surface area contributed by atoms with Gasteiger partial charge in [-0.15, -0.1) is 6.58 Å². The number of aliphatic hydroxyl groups is 2. The van der Waals surface area contributed by atoms with Crippen LogP contribution in [-0.4, -0.2) is 71.7 Å². The SMILES string of the molecule is C=CCCCCC(=O)N(Cc1ccc(Cl)cc1Cl)[C@@H]1C=C(C(=O)NCCO)[C@@H]2c3cc(C=O)cc(OC)c3O[C@@H]2[C@H]1O. The fourth-order valence-corrected chi connectivity index (χ4v) is 5.93. The van der Waals surface area contributed by atoms with Gasteiger partial charge in [-0.2, -0.15) is 0 Å². The van der Waals surface area contributed by atoms with E-state index in [0.29, 0.717) is 45.2 Å². The molecule has 11 heteroatoms. The lowest BCUT2D eigenvalue weighted by Crippen LogP contribution is -2.55. The van der Waals surface area contributed by atoms with Crippen LogP contribution in [0.4, 0.5) is 0 Å². The second-order valence-corrected chi connectivity index (χ2v) is 11.0. The zero-order valence-corrected chi connectivity index (χ0v) is 24.7. The summed E-state index contributed by atoms with van der Waals surface area (Å²) in [5.41, 5.74) is 1.67. The summed E-state index contributed by atoms with van der Waals surface area (Å²) in [5.74, 6) is -0.906. The number of amides is 2. The molecule has 0 aromatic heterocycles. The van der Waals surface area contributed by atoms with Crippen LogP contribution in [0.1, 0.15) is 53.1 Å². The van der Waals surface area contributed by atoms with Crippen molar-refractivity contribution in [2.24, 2.45) is 0 Å². The Hall–Kier alpha value is -3.37. The number of benzene rings is 2. The van der Waals surface area contributed by atoms with E-state index in [0.717, 1.165) is 12.8 Å². The van der Waals surface area contributed by atoms with Crippen molar-refractivity contribution in [1.82, 2.24) is 10.2 Å². The fourth-order valence-electron chi connectivity index (χ4n) is 5.46. The van der Waals surface area contributed by atoms with Crippen molar-refractivity contribution in [3.63, 3.8) is 0 Å². The number of aldehydes is 1. The maximum Gasteiger partial charge on any atom is 0.247 e. The number of rotatable bonds is 13. The fraction of sp³-hybridized carbons (Fsp3) is 0.387. The molecule has 0 saturated carbocycles. The van der Waals surface area contributed by atoms with Crippen LogP contribution < -0.4 is 14.8 Å². The highest BCUT2D eigenvalue weighted by Gasteiger charge is 2.51. The molecule has 0 unspecified atom stereocenters. The molecule has 0 saturated heterocycles. The molecule has 3 N–H and O–H groups in total. The summed E-state index contributed by atoms with van der Waals surface area (Å²) in [6.45, 7) is 3.49. The molecule has 1 aliphatic heterocycles. The summed E-state index contributed by atoms with van der Waals surface area (Å²) in [7, 11) is 1.43. The second-order valence-electron chi connectivity index (χ2n) is 10.2. The van der Waals surface area contributed by atoms with E-state index >= 15 is 0 Å². The third kappa shape index (κ3) is 6.65. The molecular weight excluding hydrogens is 583 g/mol. The van der Waals surface area contributed by atoms with Crippen molar-refractivity contribution in [2.75, 3.05) is 20.3 Å². The van der Waals surface area contributed by atoms with E-state index in [2.05, 4.69) is 11.9 Å². The molecule has 4 atom stereocenters. The first-order valence-corrected chi connectivity index (χ1v) is 14.5. The number of fused-ring (bicyclic) bond motifs is 3. The second kappa shape index (κ2) is 14.2. The van der Waals surface area contributed by atoms with Crippen LogP contribution in [0.2, 0.25) is 10.0 Å². The molecule has 2 amide bonds. The van der Waals surface area contributed by atoms with Gasteiger partial charge in [0.2, 0.25) is 11.8 Å². The monoisotopic (exact) mass is 616 g/mol. The Morgan fingerprint density at radius 3 is 2.67 bits per heavy atom. The minimum atomic E-state index is -1.26. The summed E-state index contributed by atoms with van der Waals surface area (Å²) in [6, 6.07) is 7.11. The van der Waals surface area contributed by atoms with Gasteiger partial charge in [0.15, 0.2) is 11.5 Å². The van der Waals surface area contributed by atoms with Gasteiger partial charge in [-0.3, -0.25) is 14.4 Å². The first-order valence-electron chi connectivity index (χ1n) is 13.7. The molecule has 0 fully saturated rings. The number of halogens is 2. The average molecular weight is 618 g/mol. The molecule has 0 spiro atoms. The van der Waals surface area contributed by atoms with E-state index < -0.39 is 30.1 Å². The van der Waals surface area contributed by atoms with Crippen molar-refractivity contribution < 1.29 is 34.1 Å². The number of unbranched alkanes of at least 4 members (excludes halogenated alkanes) is 2. The normalized spacial score (nSPS) is 20.5. The van der Waals surface area contributed by atoms with Crippen molar-refractivity contribution in [2.45, 2.75) is 56.4 Å². The lowest BCUT2D eigenvalue weighted by Gasteiger charge is -2.41. The van der Waals surface area contributed by atoms with Crippen LogP contribution in [0.15, 0.2) is 54.6 Å². The highest BCUT2D eigenvalue weighted by molar-refractivity contribution is 6.35. The lowest BCUT2D eigenvalue weighted by atomic mass is 9.77. The Morgan fingerprint density at radius 2 is 2.00 bits per heavy atom. The summed E-state index contributed by atoms with van der Waals surface area (Å²) < 4.78 is 11.7. The Balaban J connectivity index is 1.80. The molecule has 2 aromatic rings. The Morgan fingerprint density at radius 1 is 1.21 bits per heavy atom. The molecule has 1 heterocycles. The predicted molar refractivity (Wildman–Crippen MR) is 159 cm³/mol. The Bertz CT molecular complexity index is 1380. The number of ether oxygens (including phenoxy) is 2. The average Bonchev–Trinajstić information content (AvgIpc) is 3.37. The largest absolute Gasteiger partial charge is 0.493 e. The summed E-state index contributed by atoms with van der Waals surface area (Å²) in [6.07, 6.45) is 4.13. The van der Waals surface area contributed by atoms with Gasteiger partial charge < -0.3 is 29.9 Å². The van der Waals surface area contributed by atoms with Crippen molar-refractivity contribution >= 4 is 41.3 Å². The van der Waals surface area contributed by atoms with Crippen LogP contribution in [0.3, 0.4) is 0 Å². The number of nitrogens with zero attached hydrogens (tertiary/aromatic N) is 1. The highest BCUT2D eigenvalue weighted by atomic mass is 35.5. The number of aliphatic hydroxyl groups excluding tert-OH is 2. The van der Waals surface area contributed by atoms with Crippen molar-refractivity contribution in [3.05, 3.63) is 81.4 Å². The van der Waals surface area contributed by atoms with Crippen LogP contribution in [0, 0.1) is 0 Å². The Kier molecular flexibility index (Phi) is 10.7. The number of methoxy groups -OCH3 is 1. The van der Waals surface area contributed by atoms with E-state index in [9.17, 15) is 24.6 Å². The minimum Gasteiger partial charge on any atom is -0.493 e. The number of allylic oxidation sites excluding steroid dienone is 1. The van der Waals surface area contributed by atoms with E-state index in [1.807, 2.05) is 0 Å². The van der Waals surface area contributed by atoms with Gasteiger partial charge in [-0.25, -0.2) is 0 Å². The van der Waals surface area contributed by atoms with Crippen molar-refractivity contribution in [3.8, 4) is 11.5 Å². The van der Waals surface area contributed by atoms with Crippen molar-refractivity contribution in [1.29, 1.82) is 0 Å². The molecule has 1 aliphatic carbocycles. The molecule has 224 valence electrons. The number of nitrogens with one attached hydrogen (secondary N) is 1. The molecular formula is C31H34Cl2N2O7. The summed E-state index contributed by atoms with van der Waals surface area (Å²) in [4.78, 5) is 40.4. The minimum absolute atomic E-state index is 0.00146. The maximum absolute atomic E-state index is 13.7. The standard InChI is InChI=1S/C31H34Cl2N2O7/c1-3-4-5-6-7-26(38)35(16-19-8-9-20(32)14-23(19)33)24-15-22(31(40)34-10-11-36)27-21-12-18(17-37)13-25(41-2)29(21)42-30(27)28(24)39/h3,8-9,12-15,17,24,27-28,30,36,39H,1,4-7,10-11,16H2,2H3,(H,34,40)/t24-,27+,28+,30+/m1/s1. The quantitative estimate of drug-likeness (QED) is 0.175. The molecule has 42 heavy (non-hydrogen) atoms. The highest BCUT2D eigenvalue weighted by Crippen LogP contribution is 2.51. The number of carbonyl (C=O) groups is 3. The predicted octanol–water partition coefficient (Wildman–Crippen LogP) is 4.21. The van der Waals surface area contributed by atoms with Gasteiger partial charge in [0.25, 0.3) is 0 Å². The van der Waals surface area contributed by atoms with Crippen LogP contribution >= 0.6 is 23.2 Å².